The van der Waals surface area contributed by atoms with Crippen LogP contribution in [0.1, 0.15) is 23.1 Å². The molecule has 3 aromatic rings. The van der Waals surface area contributed by atoms with Gasteiger partial charge in [-0.25, -0.2) is 8.78 Å². The monoisotopic (exact) mass is 674 g/mol. The van der Waals surface area contributed by atoms with Gasteiger partial charge in [-0.2, -0.15) is 0 Å². The molecule has 36 heavy (non-hydrogen) atoms. The number of halogens is 2. The summed E-state index contributed by atoms with van der Waals surface area (Å²) in [6.07, 6.45) is 1.94. The normalized spacial score (nSPS) is 15.7. The van der Waals surface area contributed by atoms with E-state index in [4.69, 9.17) is 4.74 Å². The molecule has 5 N–H and O–H groups in total. The molecule has 10 heteroatoms. The van der Waals surface area contributed by atoms with Crippen LogP contribution in [0, 0.1) is 6.92 Å². The maximum absolute atomic E-state index is 12.5. The fourth-order valence-electron chi connectivity index (χ4n) is 4.82. The van der Waals surface area contributed by atoms with Crippen LogP contribution in [0.4, 0.5) is 14.5 Å². The summed E-state index contributed by atoms with van der Waals surface area (Å²) in [7, 11) is 1.69. The van der Waals surface area contributed by atoms with E-state index in [1.807, 2.05) is 17.2 Å². The third kappa shape index (κ3) is 7.19. The Bertz CT molecular complexity index is 1100. The van der Waals surface area contributed by atoms with Crippen molar-refractivity contribution in [1.29, 1.82) is 0 Å². The van der Waals surface area contributed by atoms with Crippen molar-refractivity contribution in [1.82, 2.24) is 14.8 Å². The Labute approximate surface area is 225 Å². The van der Waals surface area contributed by atoms with E-state index in [1.54, 1.807) is 13.2 Å². The number of anilines is 1. The predicted octanol–water partition coefficient (Wildman–Crippen LogP) is 3.79. The molecule has 0 unspecified atom stereocenters. The van der Waals surface area contributed by atoms with Crippen LogP contribution < -0.4 is 10.1 Å². The largest absolute Gasteiger partial charge is 0.506 e. The second-order valence-corrected chi connectivity index (χ2v) is 8.95. The molecule has 0 amide bonds. The molecule has 1 fully saturated rings. The molecule has 1 saturated heterocycles. The smallest absolute Gasteiger partial charge is 0.251 e. The first-order valence-electron chi connectivity index (χ1n) is 11.9. The van der Waals surface area contributed by atoms with Gasteiger partial charge in [-0.1, -0.05) is 12.1 Å². The average Bonchev–Trinajstić information content (AvgIpc) is 3.33. The summed E-state index contributed by atoms with van der Waals surface area (Å²) in [5.41, 5.74) is 5.62. The average molecular weight is 674 g/mol. The Balaban J connectivity index is 0.000000296. The number of aryl methyl sites for hydroxylation is 2. The van der Waals surface area contributed by atoms with Crippen LogP contribution in [0.2, 0.25) is 0 Å². The van der Waals surface area contributed by atoms with Crippen molar-refractivity contribution in [2.75, 3.05) is 51.7 Å². The maximum atomic E-state index is 12.5. The molecule has 0 saturated carbocycles. The molecule has 3 heterocycles. The van der Waals surface area contributed by atoms with Gasteiger partial charge < -0.3 is 25.6 Å². The minimum atomic E-state index is -2.25. The maximum Gasteiger partial charge on any atom is 0.251 e. The molecule has 1 aromatic heterocycles. The number of phenolic OH excluding ortho intramolecular Hbond substituents is 1. The van der Waals surface area contributed by atoms with Crippen LogP contribution >= 0.6 is 0 Å². The van der Waals surface area contributed by atoms with E-state index in [1.165, 1.54) is 10.9 Å². The molecule has 0 aliphatic carbocycles. The zero-order valence-corrected chi connectivity index (χ0v) is 23.8. The standard InChI is InChI=1S/C17H23F2N3O.C9H11NO.H2O.W/c1-12-9-15(23-2)14(13-3-4-20-17(12)13)10-21-5-7-22(8-6-21)11-16(18)19;11-8-5-1-3-7-4-2-6-10-9(7)8;;/h3-4,9,16,20H,5-8,10-11H2,1-2H3;1,3,5,10-11H,2,4,6H2;1H2;. The number of hydrogen-bond acceptors (Lipinski definition) is 5. The Morgan fingerprint density at radius 2 is 1.83 bits per heavy atom. The molecule has 2 aliphatic heterocycles. The van der Waals surface area contributed by atoms with E-state index in [9.17, 15) is 13.9 Å². The quantitative estimate of drug-likeness (QED) is 0.359. The van der Waals surface area contributed by atoms with Crippen LogP contribution in [0.15, 0.2) is 36.5 Å². The Hall–Kier alpha value is -2.19. The van der Waals surface area contributed by atoms with Crippen molar-refractivity contribution in [2.45, 2.75) is 32.7 Å². The van der Waals surface area contributed by atoms with Crippen LogP contribution in [0.3, 0.4) is 0 Å². The molecular formula is C26H36F2N4O3W. The van der Waals surface area contributed by atoms with Gasteiger partial charge >= 0.3 is 0 Å². The fraction of sp³-hybridized carbons (Fsp3) is 0.462. The first-order chi connectivity index (χ1) is 16.5. The van der Waals surface area contributed by atoms with Gasteiger partial charge in [0, 0.05) is 83.0 Å². The van der Waals surface area contributed by atoms with Gasteiger partial charge in [0.25, 0.3) is 6.43 Å². The summed E-state index contributed by atoms with van der Waals surface area (Å²) in [5.74, 6) is 1.27. The SMILES string of the molecule is COc1cc(C)c2[nH]ccc2c1CN1CCN(CC(F)F)CC1.O.Oc1cccc2c1NCCC2.[W]. The summed E-state index contributed by atoms with van der Waals surface area (Å²) < 4.78 is 30.5. The van der Waals surface area contributed by atoms with E-state index in [0.29, 0.717) is 18.8 Å². The molecule has 5 rings (SSSR count). The number of fused-ring (bicyclic) bond motifs is 2. The molecule has 7 nitrogen and oxygen atoms in total. The van der Waals surface area contributed by atoms with Gasteiger partial charge in [-0.3, -0.25) is 9.80 Å². The third-order valence-corrected chi connectivity index (χ3v) is 6.63. The molecule has 2 aromatic carbocycles. The van der Waals surface area contributed by atoms with E-state index < -0.39 is 6.43 Å². The Kier molecular flexibility index (Phi) is 11.6. The number of benzene rings is 2. The molecule has 198 valence electrons. The minimum Gasteiger partial charge on any atom is -0.506 e. The number of aromatic amines is 1. The first-order valence-corrected chi connectivity index (χ1v) is 11.9. The van der Waals surface area contributed by atoms with Crippen molar-refractivity contribution in [2.24, 2.45) is 0 Å². The number of H-pyrrole nitrogens is 1. The van der Waals surface area contributed by atoms with Gasteiger partial charge in [0.15, 0.2) is 0 Å². The number of para-hydroxylation sites is 1. The van der Waals surface area contributed by atoms with Gasteiger partial charge in [-0.15, -0.1) is 0 Å². The molecule has 2 aliphatic rings. The number of nitrogens with zero attached hydrogens (tertiary/aromatic N) is 2. The summed E-state index contributed by atoms with van der Waals surface area (Å²) in [5, 5.41) is 13.8. The molecule has 0 bridgehead atoms. The van der Waals surface area contributed by atoms with E-state index in [2.05, 4.69) is 40.3 Å². The van der Waals surface area contributed by atoms with Crippen LogP contribution in [-0.4, -0.2) is 78.2 Å². The summed E-state index contributed by atoms with van der Waals surface area (Å²) in [4.78, 5) is 7.42. The van der Waals surface area contributed by atoms with Crippen LogP contribution in [0.5, 0.6) is 11.5 Å². The van der Waals surface area contributed by atoms with Crippen molar-refractivity contribution >= 4 is 16.6 Å². The molecular weight excluding hydrogens is 638 g/mol. The van der Waals surface area contributed by atoms with Crippen LogP contribution in [0.25, 0.3) is 10.9 Å². The van der Waals surface area contributed by atoms with E-state index >= 15 is 0 Å². The van der Waals surface area contributed by atoms with Crippen molar-refractivity contribution in [3.63, 3.8) is 0 Å². The topological polar surface area (TPSA) is 95.3 Å². The number of methoxy groups -OCH3 is 1. The predicted molar refractivity (Wildman–Crippen MR) is 136 cm³/mol. The molecule has 0 atom stereocenters. The van der Waals surface area contributed by atoms with Crippen LogP contribution in [-0.2, 0) is 34.0 Å². The number of aromatic nitrogens is 1. The summed E-state index contributed by atoms with van der Waals surface area (Å²) >= 11 is 0. The molecule has 0 radical (unpaired) electrons. The number of rotatable bonds is 5. The van der Waals surface area contributed by atoms with Gasteiger partial charge in [-0.05, 0) is 49.1 Å². The Morgan fingerprint density at radius 1 is 1.11 bits per heavy atom. The van der Waals surface area contributed by atoms with Gasteiger partial charge in [0.1, 0.15) is 11.5 Å². The number of piperazine rings is 1. The zero-order chi connectivity index (χ0) is 24.1. The Morgan fingerprint density at radius 3 is 2.50 bits per heavy atom. The summed E-state index contributed by atoms with van der Waals surface area (Å²) in [6.45, 7) is 6.68. The fourth-order valence-corrected chi connectivity index (χ4v) is 4.82. The second-order valence-electron chi connectivity index (χ2n) is 8.95. The first kappa shape index (κ1) is 30.0. The third-order valence-electron chi connectivity index (χ3n) is 6.63. The van der Waals surface area contributed by atoms with E-state index in [0.717, 1.165) is 67.1 Å². The number of aromatic hydroxyl groups is 1. The van der Waals surface area contributed by atoms with Crippen molar-refractivity contribution < 1.29 is 45.2 Å². The number of nitrogens with one attached hydrogen (secondary N) is 2. The second kappa shape index (κ2) is 13.9. The zero-order valence-electron chi connectivity index (χ0n) is 20.8. The van der Waals surface area contributed by atoms with E-state index in [-0.39, 0.29) is 33.1 Å². The molecule has 0 spiro atoms. The number of hydrogen-bond donors (Lipinski definition) is 3. The van der Waals surface area contributed by atoms with Gasteiger partial charge in [0.2, 0.25) is 0 Å². The summed E-state index contributed by atoms with van der Waals surface area (Å²) in [6, 6.07) is 9.80. The number of alkyl halides is 2. The number of ether oxygens (including phenoxy) is 1. The minimum absolute atomic E-state index is 0. The number of phenols is 1. The van der Waals surface area contributed by atoms with Crippen molar-refractivity contribution in [3.8, 4) is 11.5 Å². The van der Waals surface area contributed by atoms with Gasteiger partial charge in [0.05, 0.1) is 19.3 Å². The van der Waals surface area contributed by atoms with Crippen molar-refractivity contribution in [3.05, 3.63) is 53.2 Å².